The maximum absolute atomic E-state index is 12.6. The number of benzene rings is 2. The van der Waals surface area contributed by atoms with Gasteiger partial charge in [-0.15, -0.1) is 0 Å². The molecule has 3 rings (SSSR count). The van der Waals surface area contributed by atoms with Gasteiger partial charge in [-0.25, -0.2) is 9.48 Å². The minimum absolute atomic E-state index is 0.405. The van der Waals surface area contributed by atoms with E-state index in [0.29, 0.717) is 27.0 Å². The van der Waals surface area contributed by atoms with Gasteiger partial charge in [-0.2, -0.15) is 10.1 Å². The largest absolute Gasteiger partial charge is 0.365 e. The zero-order valence-electron chi connectivity index (χ0n) is 14.6. The Balaban J connectivity index is 1.84. The summed E-state index contributed by atoms with van der Waals surface area (Å²) in [6, 6.07) is 11.3. The number of anilines is 1. The van der Waals surface area contributed by atoms with E-state index in [1.807, 2.05) is 13.0 Å². The van der Waals surface area contributed by atoms with Crippen molar-refractivity contribution < 1.29 is 4.79 Å². The lowest BCUT2D eigenvalue weighted by atomic mass is 10.2. The van der Waals surface area contributed by atoms with E-state index in [1.54, 1.807) is 43.3 Å². The van der Waals surface area contributed by atoms with Crippen LogP contribution in [0.4, 0.5) is 5.69 Å². The molecule has 0 spiro atoms. The fraction of sp³-hybridized carbons (Fsp3) is 0.158. The highest BCUT2D eigenvalue weighted by Crippen LogP contribution is 2.26. The van der Waals surface area contributed by atoms with Crippen LogP contribution in [0.2, 0.25) is 10.0 Å². The Morgan fingerprint density at radius 1 is 1.15 bits per heavy atom. The first kappa shape index (κ1) is 19.1. The summed E-state index contributed by atoms with van der Waals surface area (Å²) < 4.78 is 1.03. The van der Waals surface area contributed by atoms with Crippen LogP contribution in [-0.2, 0) is 4.79 Å². The van der Waals surface area contributed by atoms with Crippen molar-refractivity contribution in [1.82, 2.24) is 14.8 Å². The van der Waals surface area contributed by atoms with Crippen molar-refractivity contribution in [3.63, 3.8) is 0 Å². The van der Waals surface area contributed by atoms with Gasteiger partial charge in [0.25, 0.3) is 0 Å². The van der Waals surface area contributed by atoms with Crippen molar-refractivity contribution >= 4 is 34.8 Å². The van der Waals surface area contributed by atoms with E-state index < -0.39 is 17.6 Å². The SMILES string of the molecule is Cc1cccc(Cl)c1NC(=O)C(C)n1ncc(-c2ccc(Cl)cc2)nc1=O. The molecule has 0 aliphatic heterocycles. The summed E-state index contributed by atoms with van der Waals surface area (Å²) in [5.74, 6) is -0.415. The summed E-state index contributed by atoms with van der Waals surface area (Å²) >= 11 is 12.0. The van der Waals surface area contributed by atoms with E-state index >= 15 is 0 Å². The number of nitrogens with one attached hydrogen (secondary N) is 1. The maximum atomic E-state index is 12.6. The lowest BCUT2D eigenvalue weighted by Gasteiger charge is -2.15. The number of aryl methyl sites for hydroxylation is 1. The predicted molar refractivity (Wildman–Crippen MR) is 106 cm³/mol. The van der Waals surface area contributed by atoms with E-state index in [4.69, 9.17) is 23.2 Å². The van der Waals surface area contributed by atoms with Crippen LogP contribution in [0.1, 0.15) is 18.5 Å². The topological polar surface area (TPSA) is 76.9 Å². The third-order valence-electron chi connectivity index (χ3n) is 4.07. The van der Waals surface area contributed by atoms with Crippen LogP contribution < -0.4 is 11.0 Å². The van der Waals surface area contributed by atoms with Crippen LogP contribution in [0.25, 0.3) is 11.3 Å². The lowest BCUT2D eigenvalue weighted by molar-refractivity contribution is -0.119. The van der Waals surface area contributed by atoms with Crippen molar-refractivity contribution in [3.8, 4) is 11.3 Å². The Bertz CT molecular complexity index is 1030. The lowest BCUT2D eigenvalue weighted by Crippen LogP contribution is -2.35. The molecule has 6 nitrogen and oxygen atoms in total. The molecule has 1 heterocycles. The maximum Gasteiger partial charge on any atom is 0.365 e. The number of carbonyl (C=O) groups excluding carboxylic acids is 1. The van der Waals surface area contributed by atoms with E-state index in [2.05, 4.69) is 15.4 Å². The third kappa shape index (κ3) is 4.18. The van der Waals surface area contributed by atoms with Crippen LogP contribution in [-0.4, -0.2) is 20.7 Å². The first-order valence-electron chi connectivity index (χ1n) is 8.14. The Morgan fingerprint density at radius 3 is 2.48 bits per heavy atom. The molecule has 0 fully saturated rings. The number of hydrogen-bond acceptors (Lipinski definition) is 4. The van der Waals surface area contributed by atoms with E-state index in [1.165, 1.54) is 6.20 Å². The molecule has 0 aliphatic rings. The van der Waals surface area contributed by atoms with Gasteiger partial charge in [0.1, 0.15) is 6.04 Å². The second kappa shape index (κ2) is 7.90. The standard InChI is InChI=1S/C19H16Cl2N4O2/c1-11-4-3-5-15(21)17(11)24-18(26)12(2)25-19(27)23-16(10-22-25)13-6-8-14(20)9-7-13/h3-10,12H,1-2H3,(H,24,26). The van der Waals surface area contributed by atoms with Gasteiger partial charge >= 0.3 is 5.69 Å². The van der Waals surface area contributed by atoms with Crippen LogP contribution in [0.5, 0.6) is 0 Å². The van der Waals surface area contributed by atoms with Crippen LogP contribution in [0.3, 0.4) is 0 Å². The van der Waals surface area contributed by atoms with Gasteiger partial charge in [0.05, 0.1) is 22.6 Å². The Labute approximate surface area is 165 Å². The van der Waals surface area contributed by atoms with Crippen LogP contribution in [0.15, 0.2) is 53.5 Å². The summed E-state index contributed by atoms with van der Waals surface area (Å²) in [7, 11) is 0. The van der Waals surface area contributed by atoms with E-state index in [9.17, 15) is 9.59 Å². The van der Waals surface area contributed by atoms with Gasteiger partial charge in [0.2, 0.25) is 5.91 Å². The van der Waals surface area contributed by atoms with Gasteiger partial charge in [0.15, 0.2) is 0 Å². The van der Waals surface area contributed by atoms with E-state index in [0.717, 1.165) is 10.2 Å². The highest BCUT2D eigenvalue weighted by molar-refractivity contribution is 6.34. The van der Waals surface area contributed by atoms with Gasteiger partial charge in [-0.1, -0.05) is 47.5 Å². The number of rotatable bonds is 4. The van der Waals surface area contributed by atoms with Gasteiger partial charge in [-0.3, -0.25) is 4.79 Å². The highest BCUT2D eigenvalue weighted by Gasteiger charge is 2.20. The molecule has 2 aromatic carbocycles. The molecule has 1 aromatic heterocycles. The smallest absolute Gasteiger partial charge is 0.323 e. The van der Waals surface area contributed by atoms with Gasteiger partial charge < -0.3 is 5.32 Å². The average molecular weight is 403 g/mol. The summed E-state index contributed by atoms with van der Waals surface area (Å²) in [6.45, 7) is 3.40. The van der Waals surface area contributed by atoms with Gasteiger partial charge in [0, 0.05) is 10.6 Å². The van der Waals surface area contributed by atoms with Crippen molar-refractivity contribution in [2.45, 2.75) is 19.9 Å². The minimum Gasteiger partial charge on any atom is -0.323 e. The molecule has 8 heteroatoms. The summed E-state index contributed by atoms with van der Waals surface area (Å²) in [5.41, 5.74) is 1.82. The molecule has 1 amide bonds. The summed E-state index contributed by atoms with van der Waals surface area (Å²) in [5, 5.41) is 7.85. The fourth-order valence-corrected chi connectivity index (χ4v) is 2.90. The first-order valence-corrected chi connectivity index (χ1v) is 8.90. The number of amides is 1. The Kier molecular flexibility index (Phi) is 5.58. The van der Waals surface area contributed by atoms with Crippen molar-refractivity contribution in [2.75, 3.05) is 5.32 Å². The molecule has 1 N–H and O–H groups in total. The molecular formula is C19H16Cl2N4O2. The normalized spacial score (nSPS) is 11.9. The van der Waals surface area contributed by atoms with Crippen molar-refractivity contribution in [1.29, 1.82) is 0 Å². The Morgan fingerprint density at radius 2 is 1.85 bits per heavy atom. The van der Waals surface area contributed by atoms with Crippen LogP contribution in [0, 0.1) is 6.92 Å². The molecule has 0 saturated heterocycles. The fourth-order valence-electron chi connectivity index (χ4n) is 2.50. The number of carbonyl (C=O) groups is 1. The Hall–Kier alpha value is -2.70. The monoisotopic (exact) mass is 402 g/mol. The second-order valence-corrected chi connectivity index (χ2v) is 6.82. The third-order valence-corrected chi connectivity index (χ3v) is 4.64. The minimum atomic E-state index is -0.861. The molecule has 138 valence electrons. The molecule has 27 heavy (non-hydrogen) atoms. The number of halogens is 2. The summed E-state index contributed by atoms with van der Waals surface area (Å²) in [6.07, 6.45) is 1.44. The molecule has 0 aliphatic carbocycles. The first-order chi connectivity index (χ1) is 12.9. The number of hydrogen-bond donors (Lipinski definition) is 1. The molecule has 3 aromatic rings. The molecule has 0 radical (unpaired) electrons. The zero-order chi connectivity index (χ0) is 19.6. The zero-order valence-corrected chi connectivity index (χ0v) is 16.1. The van der Waals surface area contributed by atoms with Gasteiger partial charge in [-0.05, 0) is 37.6 Å². The van der Waals surface area contributed by atoms with Crippen molar-refractivity contribution in [3.05, 3.63) is 74.8 Å². The van der Waals surface area contributed by atoms with Crippen molar-refractivity contribution in [2.24, 2.45) is 0 Å². The van der Waals surface area contributed by atoms with E-state index in [-0.39, 0.29) is 0 Å². The number of aromatic nitrogens is 3. The quantitative estimate of drug-likeness (QED) is 0.711. The average Bonchev–Trinajstić information content (AvgIpc) is 2.64. The highest BCUT2D eigenvalue weighted by atomic mass is 35.5. The molecular weight excluding hydrogens is 387 g/mol. The number of para-hydroxylation sites is 1. The molecule has 1 atom stereocenters. The predicted octanol–water partition coefficient (Wildman–Crippen LogP) is 4.12. The molecule has 1 unspecified atom stereocenters. The molecule has 0 saturated carbocycles. The number of nitrogens with zero attached hydrogens (tertiary/aromatic N) is 3. The second-order valence-electron chi connectivity index (χ2n) is 5.97. The van der Waals surface area contributed by atoms with Crippen LogP contribution >= 0.6 is 23.2 Å². The molecule has 0 bridgehead atoms. The summed E-state index contributed by atoms with van der Waals surface area (Å²) in [4.78, 5) is 28.9.